The first kappa shape index (κ1) is 43.0. The van der Waals surface area contributed by atoms with Gasteiger partial charge in [0.25, 0.3) is 0 Å². The molecule has 10 N–H and O–H groups in total. The molecule has 0 aromatic heterocycles. The number of ether oxygens (including phenoxy) is 4. The number of rotatable bonds is 6. The molecule has 16 heteroatoms. The lowest BCUT2D eigenvalue weighted by atomic mass is 9.33. The van der Waals surface area contributed by atoms with Crippen LogP contribution in [0.5, 0.6) is 0 Å². The second-order valence-corrected chi connectivity index (χ2v) is 19.2. The Kier molecular flexibility index (Phi) is 11.2. The molecule has 0 bridgehead atoms. The molecule has 4 saturated carbocycles. The standard InChI is InChI=1S/C41H62O16/c1-18-8-11-41(36(53)57-34-31(50)29(48)27(46)23(17-43)55-34)13-12-38(3)19(20(41)14-18)6-7-24-37(2)15-21(44)32(51)40(5,25(37)9-10-39(24,38)4)35(52)56-33-30(49)28(47)26(45)22(16-42)54-33/h6,20-34,42-51H,1,7-17H2,2-5H3. The van der Waals surface area contributed by atoms with Gasteiger partial charge in [-0.2, -0.15) is 0 Å². The number of carbonyl (C=O) groups is 2. The van der Waals surface area contributed by atoms with Gasteiger partial charge in [0, 0.05) is 5.92 Å². The summed E-state index contributed by atoms with van der Waals surface area (Å²) in [5.74, 6) is -2.47. The Balaban J connectivity index is 1.19. The third-order valence-corrected chi connectivity index (χ3v) is 16.7. The molecule has 2 heterocycles. The van der Waals surface area contributed by atoms with Crippen molar-refractivity contribution in [3.05, 3.63) is 23.8 Å². The van der Waals surface area contributed by atoms with Crippen LogP contribution in [0.3, 0.4) is 0 Å². The average Bonchev–Trinajstić information content (AvgIpc) is 3.17. The molecule has 20 unspecified atom stereocenters. The van der Waals surface area contributed by atoms with Crippen LogP contribution < -0.4 is 0 Å². The van der Waals surface area contributed by atoms with E-state index in [1.165, 1.54) is 0 Å². The highest BCUT2D eigenvalue weighted by molar-refractivity contribution is 5.80. The fourth-order valence-corrected chi connectivity index (χ4v) is 13.0. The van der Waals surface area contributed by atoms with Gasteiger partial charge in [-0.05, 0) is 92.8 Å². The minimum absolute atomic E-state index is 0.112. The van der Waals surface area contributed by atoms with E-state index >= 15 is 0 Å². The molecule has 0 amide bonds. The van der Waals surface area contributed by atoms with Gasteiger partial charge in [-0.3, -0.25) is 9.59 Å². The van der Waals surface area contributed by atoms with E-state index in [0.29, 0.717) is 51.4 Å². The Morgan fingerprint density at radius 1 is 0.754 bits per heavy atom. The first-order valence-corrected chi connectivity index (χ1v) is 20.4. The van der Waals surface area contributed by atoms with Crippen LogP contribution in [-0.2, 0) is 28.5 Å². The lowest BCUT2D eigenvalue weighted by molar-refractivity contribution is -0.303. The molecule has 0 radical (unpaired) electrons. The van der Waals surface area contributed by atoms with Crippen molar-refractivity contribution in [2.45, 2.75) is 159 Å². The molecular weight excluding hydrogens is 748 g/mol. The van der Waals surface area contributed by atoms with Crippen LogP contribution in [0.15, 0.2) is 23.8 Å². The summed E-state index contributed by atoms with van der Waals surface area (Å²) in [7, 11) is 0. The number of aliphatic hydroxyl groups excluding tert-OH is 10. The monoisotopic (exact) mass is 810 g/mol. The summed E-state index contributed by atoms with van der Waals surface area (Å²) in [6.45, 7) is 11.0. The van der Waals surface area contributed by atoms with Gasteiger partial charge in [0.05, 0.1) is 36.3 Å². The molecule has 322 valence electrons. The number of aliphatic hydroxyl groups is 10. The van der Waals surface area contributed by atoms with Gasteiger partial charge in [0.1, 0.15) is 48.8 Å². The van der Waals surface area contributed by atoms with Gasteiger partial charge >= 0.3 is 11.9 Å². The summed E-state index contributed by atoms with van der Waals surface area (Å²) in [4.78, 5) is 28.7. The molecular formula is C41H62O16. The van der Waals surface area contributed by atoms with E-state index in [-0.39, 0.29) is 18.3 Å². The van der Waals surface area contributed by atoms with Gasteiger partial charge in [-0.15, -0.1) is 0 Å². The Morgan fingerprint density at radius 2 is 1.32 bits per heavy atom. The van der Waals surface area contributed by atoms with Crippen LogP contribution in [0.2, 0.25) is 0 Å². The second kappa shape index (κ2) is 14.8. The quantitative estimate of drug-likeness (QED) is 0.118. The first-order chi connectivity index (χ1) is 26.7. The maximum Gasteiger partial charge on any atom is 0.317 e. The number of carbonyl (C=O) groups excluding carboxylic acids is 2. The van der Waals surface area contributed by atoms with Crippen molar-refractivity contribution in [1.82, 2.24) is 0 Å². The zero-order chi connectivity index (χ0) is 41.8. The lowest BCUT2D eigenvalue weighted by Crippen LogP contribution is -2.69. The average molecular weight is 811 g/mol. The van der Waals surface area contributed by atoms with E-state index in [1.807, 2.05) is 6.92 Å². The number of fused-ring (bicyclic) bond motifs is 7. The van der Waals surface area contributed by atoms with Crippen molar-refractivity contribution >= 4 is 11.9 Å². The molecule has 0 spiro atoms. The molecule has 57 heavy (non-hydrogen) atoms. The lowest BCUT2D eigenvalue weighted by Gasteiger charge is -2.71. The molecule has 7 rings (SSSR count). The summed E-state index contributed by atoms with van der Waals surface area (Å²) in [5.41, 5.74) is -2.22. The first-order valence-electron chi connectivity index (χ1n) is 20.4. The second-order valence-electron chi connectivity index (χ2n) is 19.2. The largest absolute Gasteiger partial charge is 0.432 e. The Labute approximate surface area is 332 Å². The Bertz CT molecular complexity index is 1620. The van der Waals surface area contributed by atoms with Gasteiger partial charge in [0.15, 0.2) is 0 Å². The third kappa shape index (κ3) is 6.14. The number of esters is 2. The zero-order valence-electron chi connectivity index (χ0n) is 33.1. The minimum atomic E-state index is -1.84. The highest BCUT2D eigenvalue weighted by Crippen LogP contribution is 2.75. The van der Waals surface area contributed by atoms with Crippen LogP contribution in [0.1, 0.15) is 85.5 Å². The predicted molar refractivity (Wildman–Crippen MR) is 196 cm³/mol. The van der Waals surface area contributed by atoms with E-state index < -0.39 is 132 Å². The molecule has 2 aliphatic heterocycles. The predicted octanol–water partition coefficient (Wildman–Crippen LogP) is -0.684. The minimum Gasteiger partial charge on any atom is -0.432 e. The van der Waals surface area contributed by atoms with Crippen molar-refractivity contribution in [1.29, 1.82) is 0 Å². The van der Waals surface area contributed by atoms with Crippen LogP contribution in [0, 0.1) is 44.8 Å². The topological polar surface area (TPSA) is 273 Å². The molecule has 2 saturated heterocycles. The van der Waals surface area contributed by atoms with Gasteiger partial charge < -0.3 is 70.0 Å². The van der Waals surface area contributed by atoms with Crippen molar-refractivity contribution in [2.24, 2.45) is 44.8 Å². The fourth-order valence-electron chi connectivity index (χ4n) is 13.0. The van der Waals surface area contributed by atoms with Crippen molar-refractivity contribution < 1.29 is 79.6 Å². The zero-order valence-corrected chi connectivity index (χ0v) is 33.1. The van der Waals surface area contributed by atoms with E-state index in [9.17, 15) is 60.7 Å². The van der Waals surface area contributed by atoms with Gasteiger partial charge in [0.2, 0.25) is 12.6 Å². The summed E-state index contributed by atoms with van der Waals surface area (Å²) < 4.78 is 22.6. The highest BCUT2D eigenvalue weighted by atomic mass is 16.7. The van der Waals surface area contributed by atoms with Crippen LogP contribution in [0.4, 0.5) is 0 Å². The number of hydrogen-bond donors (Lipinski definition) is 10. The van der Waals surface area contributed by atoms with Crippen molar-refractivity contribution in [2.75, 3.05) is 13.2 Å². The number of hydrogen-bond acceptors (Lipinski definition) is 16. The van der Waals surface area contributed by atoms with E-state index in [0.717, 1.165) is 11.1 Å². The molecule has 7 aliphatic rings. The van der Waals surface area contributed by atoms with Crippen molar-refractivity contribution in [3.8, 4) is 0 Å². The van der Waals surface area contributed by atoms with Crippen molar-refractivity contribution in [3.63, 3.8) is 0 Å². The molecule has 16 nitrogen and oxygen atoms in total. The smallest absolute Gasteiger partial charge is 0.317 e. The maximum absolute atomic E-state index is 14.4. The normalized spacial score (nSPS) is 53.6. The van der Waals surface area contributed by atoms with Crippen LogP contribution >= 0.6 is 0 Å². The van der Waals surface area contributed by atoms with E-state index in [1.54, 1.807) is 6.92 Å². The Hall–Kier alpha value is -2.06. The Morgan fingerprint density at radius 3 is 1.88 bits per heavy atom. The van der Waals surface area contributed by atoms with Gasteiger partial charge in [-0.25, -0.2) is 0 Å². The maximum atomic E-state index is 14.4. The molecule has 0 aromatic rings. The fraction of sp³-hybridized carbons (Fsp3) is 0.854. The molecule has 5 aliphatic carbocycles. The molecule has 6 fully saturated rings. The molecule has 0 aromatic carbocycles. The summed E-state index contributed by atoms with van der Waals surface area (Å²) >= 11 is 0. The molecule has 20 atom stereocenters. The third-order valence-electron chi connectivity index (χ3n) is 16.7. The summed E-state index contributed by atoms with van der Waals surface area (Å²) in [6.07, 6.45) is -12.5. The summed E-state index contributed by atoms with van der Waals surface area (Å²) in [5, 5.41) is 105. The van der Waals surface area contributed by atoms with Crippen LogP contribution in [-0.4, -0.2) is 150 Å². The van der Waals surface area contributed by atoms with Crippen LogP contribution in [0.25, 0.3) is 0 Å². The van der Waals surface area contributed by atoms with E-state index in [2.05, 4.69) is 26.5 Å². The van der Waals surface area contributed by atoms with Gasteiger partial charge in [-0.1, -0.05) is 44.6 Å². The van der Waals surface area contributed by atoms with E-state index in [4.69, 9.17) is 18.9 Å². The summed E-state index contributed by atoms with van der Waals surface area (Å²) in [6, 6.07) is 0. The SMILES string of the molecule is C=C1CCC2(C(=O)OC3OC(CO)C(O)C(O)C3O)CCC3(C)C(=CCC4C5(C)CC(O)C(O)C(C)(C(=O)OC6OC(CO)C(O)C(O)C6O)C5CCC43C)C2C1. The number of allylic oxidation sites excluding steroid dienone is 3. The highest BCUT2D eigenvalue weighted by Gasteiger charge is 2.72.